The van der Waals surface area contributed by atoms with E-state index in [4.69, 9.17) is 0 Å². The number of nitrogens with zero attached hydrogens (tertiary/aromatic N) is 2. The van der Waals surface area contributed by atoms with Gasteiger partial charge >= 0.3 is 30.2 Å². The second kappa shape index (κ2) is 20.5. The van der Waals surface area contributed by atoms with Crippen LogP contribution in [0.5, 0.6) is 0 Å². The van der Waals surface area contributed by atoms with E-state index in [-0.39, 0.29) is 39.7 Å². The first-order valence-corrected chi connectivity index (χ1v) is 15.5. The van der Waals surface area contributed by atoms with Crippen molar-refractivity contribution in [1.29, 1.82) is 0 Å². The fourth-order valence-electron chi connectivity index (χ4n) is 3.24. The van der Waals surface area contributed by atoms with Crippen LogP contribution in [0.3, 0.4) is 0 Å². The Morgan fingerprint density at radius 1 is 0.719 bits per heavy atom. The quantitative estimate of drug-likeness (QED) is 0.300. The molecule has 2 heterocycles. The van der Waals surface area contributed by atoms with Gasteiger partial charge in [0.05, 0.1) is 0 Å². The molecule has 2 aliphatic carbocycles. The summed E-state index contributed by atoms with van der Waals surface area (Å²) in [5.41, 5.74) is 7.83. The summed E-state index contributed by atoms with van der Waals surface area (Å²) in [4.78, 5) is 8.01. The van der Waals surface area contributed by atoms with Gasteiger partial charge in [-0.1, -0.05) is 63.8 Å². The van der Waals surface area contributed by atoms with Crippen LogP contribution in [0.4, 0.5) is 0 Å². The van der Waals surface area contributed by atoms with Crippen LogP contribution in [-0.4, -0.2) is 16.8 Å². The molecule has 2 nitrogen and oxygen atoms in total. The first-order chi connectivity index (χ1) is 13.8. The number of hydrogen-bond donors (Lipinski definition) is 0. The molecular formula is C26H34Cl2N2SiZr-4. The molecule has 2 aliphatic rings. The summed E-state index contributed by atoms with van der Waals surface area (Å²) in [7, 11) is 0. The third kappa shape index (κ3) is 10.3. The molecule has 32 heavy (non-hydrogen) atoms. The average Bonchev–Trinajstić information content (AvgIpc) is 3.46. The molecule has 0 N–H and O–H groups in total. The van der Waals surface area contributed by atoms with E-state index in [2.05, 4.69) is 48.1 Å². The van der Waals surface area contributed by atoms with Gasteiger partial charge in [0.25, 0.3) is 0 Å². The van der Waals surface area contributed by atoms with Crippen molar-refractivity contribution in [3.05, 3.63) is 110 Å². The molecule has 2 aromatic rings. The van der Waals surface area contributed by atoms with Gasteiger partial charge in [-0.25, -0.2) is 0 Å². The van der Waals surface area contributed by atoms with E-state index in [0.29, 0.717) is 0 Å². The van der Waals surface area contributed by atoms with Crippen molar-refractivity contribution >= 4 is 42.8 Å². The molecule has 0 atom stereocenters. The number of hydrogen-bond acceptors (Lipinski definition) is 2. The SMILES string of the molecule is CCC1=CC[C-]=C1c1ccncc1.CCC1=CC[C-]=C1c1ccncc1.Cl.Cl.[CH3-].[CH3-].[SiH2]=[Zr]. The van der Waals surface area contributed by atoms with Crippen molar-refractivity contribution in [2.45, 2.75) is 39.5 Å². The number of halogens is 2. The van der Waals surface area contributed by atoms with Gasteiger partial charge in [-0.05, 0) is 0 Å². The van der Waals surface area contributed by atoms with Gasteiger partial charge in [0.1, 0.15) is 0 Å². The Morgan fingerprint density at radius 2 is 1.03 bits per heavy atom. The summed E-state index contributed by atoms with van der Waals surface area (Å²) in [6.07, 6.45) is 22.6. The molecule has 0 amide bonds. The fraction of sp³-hybridized carbons (Fsp3) is 0.231. The summed E-state index contributed by atoms with van der Waals surface area (Å²) in [6.45, 7) is 6.31. The Kier molecular flexibility index (Phi) is 22.8. The van der Waals surface area contributed by atoms with Crippen LogP contribution in [-0.2, 0) is 23.3 Å². The monoisotopic (exact) mass is 562 g/mol. The van der Waals surface area contributed by atoms with Crippen LogP contribution in [0.2, 0.25) is 0 Å². The van der Waals surface area contributed by atoms with Gasteiger partial charge in [0, 0.05) is 24.8 Å². The molecule has 174 valence electrons. The molecule has 0 aromatic carbocycles. The summed E-state index contributed by atoms with van der Waals surface area (Å²) < 4.78 is 0. The first kappa shape index (κ1) is 35.5. The Morgan fingerprint density at radius 3 is 1.31 bits per heavy atom. The molecule has 0 radical (unpaired) electrons. The van der Waals surface area contributed by atoms with Crippen molar-refractivity contribution in [2.24, 2.45) is 0 Å². The summed E-state index contributed by atoms with van der Waals surface area (Å²) in [5.74, 6) is 0. The third-order valence-corrected chi connectivity index (χ3v) is 4.60. The Balaban J connectivity index is -0.000000437. The van der Waals surface area contributed by atoms with Crippen molar-refractivity contribution in [1.82, 2.24) is 9.97 Å². The molecular weight excluding hydrogens is 531 g/mol. The zero-order valence-corrected chi connectivity index (χ0v) is 25.0. The van der Waals surface area contributed by atoms with Gasteiger partial charge in [-0.3, -0.25) is 9.97 Å². The Bertz CT molecular complexity index is 806. The standard InChI is InChI=1S/2C12H12N.2CH3.2ClH.H2Si.Zr/c2*1-2-10-4-3-5-12(10)11-6-8-13-9-7-11;;;;;;/h2*4,6-9H,2-3H2,1H3;2*1H3;2*1H;1H2;/q4*-1;;;;. The van der Waals surface area contributed by atoms with E-state index in [1.165, 1.54) is 33.4 Å². The Hall–Kier alpha value is -1.06. The van der Waals surface area contributed by atoms with Gasteiger partial charge in [0.15, 0.2) is 0 Å². The van der Waals surface area contributed by atoms with Gasteiger partial charge in [-0.2, -0.15) is 34.4 Å². The minimum atomic E-state index is 0. The fourth-order valence-corrected chi connectivity index (χ4v) is 3.24. The summed E-state index contributed by atoms with van der Waals surface area (Å²) in [5, 5.41) is 0. The zero-order valence-electron chi connectivity index (χ0n) is 19.5. The van der Waals surface area contributed by atoms with E-state index < -0.39 is 0 Å². The predicted octanol–water partition coefficient (Wildman–Crippen LogP) is 6.84. The normalized spacial score (nSPS) is 12.7. The molecule has 0 spiro atoms. The van der Waals surface area contributed by atoms with E-state index in [1.54, 1.807) is 23.3 Å². The first-order valence-electron chi connectivity index (χ1n) is 9.60. The maximum absolute atomic E-state index is 4.01. The summed E-state index contributed by atoms with van der Waals surface area (Å²) in [6, 6.07) is 8.16. The molecule has 0 saturated heterocycles. The average molecular weight is 565 g/mol. The van der Waals surface area contributed by atoms with Gasteiger partial charge in [-0.15, -0.1) is 48.1 Å². The molecule has 0 unspecified atom stereocenters. The molecule has 0 aliphatic heterocycles. The molecule has 4 rings (SSSR count). The number of allylic oxidation sites excluding steroid dienone is 8. The molecule has 0 saturated carbocycles. The number of rotatable bonds is 4. The number of aromatic nitrogens is 2. The van der Waals surface area contributed by atoms with Crippen molar-refractivity contribution in [3.8, 4) is 0 Å². The van der Waals surface area contributed by atoms with Crippen molar-refractivity contribution in [2.75, 3.05) is 0 Å². The van der Waals surface area contributed by atoms with Crippen LogP contribution >= 0.6 is 24.8 Å². The molecule has 0 bridgehead atoms. The van der Waals surface area contributed by atoms with Crippen LogP contribution < -0.4 is 0 Å². The van der Waals surface area contributed by atoms with Crippen LogP contribution in [0.15, 0.2) is 72.4 Å². The van der Waals surface area contributed by atoms with Gasteiger partial charge < -0.3 is 14.9 Å². The predicted molar refractivity (Wildman–Crippen MR) is 144 cm³/mol. The molecule has 6 heteroatoms. The van der Waals surface area contributed by atoms with Crippen LogP contribution in [0.25, 0.3) is 11.1 Å². The zero-order chi connectivity index (χ0) is 20.2. The third-order valence-electron chi connectivity index (χ3n) is 4.60. The van der Waals surface area contributed by atoms with Crippen molar-refractivity contribution in [3.63, 3.8) is 0 Å². The molecule has 0 fully saturated rings. The Labute approximate surface area is 224 Å². The van der Waals surface area contributed by atoms with E-state index in [1.807, 2.05) is 55.9 Å². The molecule has 2 aromatic heterocycles. The van der Waals surface area contributed by atoms with Gasteiger partial charge in [0.2, 0.25) is 0 Å². The van der Waals surface area contributed by atoms with Crippen molar-refractivity contribution < 1.29 is 23.3 Å². The summed E-state index contributed by atoms with van der Waals surface area (Å²) >= 11 is 1.58. The van der Waals surface area contributed by atoms with Crippen LogP contribution in [0, 0.1) is 27.0 Å². The topological polar surface area (TPSA) is 25.8 Å². The second-order valence-corrected chi connectivity index (χ2v) is 6.15. The van der Waals surface area contributed by atoms with E-state index in [0.717, 1.165) is 25.7 Å². The van der Waals surface area contributed by atoms with Crippen LogP contribution in [0.1, 0.15) is 50.7 Å². The minimum absolute atomic E-state index is 0. The maximum atomic E-state index is 4.01. The van der Waals surface area contributed by atoms with E-state index in [9.17, 15) is 0 Å². The second-order valence-electron chi connectivity index (χ2n) is 6.15. The van der Waals surface area contributed by atoms with E-state index >= 15 is 0 Å². The number of pyridine rings is 2.